The van der Waals surface area contributed by atoms with Crippen molar-refractivity contribution < 1.29 is 14.3 Å². The van der Waals surface area contributed by atoms with Crippen LogP contribution < -0.4 is 20.7 Å². The van der Waals surface area contributed by atoms with Crippen molar-refractivity contribution in [3.05, 3.63) is 111 Å². The average molecular weight is 607 g/mol. The number of rotatable bonds is 7. The van der Waals surface area contributed by atoms with E-state index in [1.807, 2.05) is 38.1 Å². The van der Waals surface area contributed by atoms with Gasteiger partial charge in [-0.25, -0.2) is 4.68 Å². The molecule has 8 nitrogen and oxygen atoms in total. The van der Waals surface area contributed by atoms with Gasteiger partial charge in [0.15, 0.2) is 0 Å². The molecule has 3 aromatic carbocycles. The molecule has 0 radical (unpaired) electrons. The van der Waals surface area contributed by atoms with Gasteiger partial charge in [0.25, 0.3) is 11.8 Å². The van der Waals surface area contributed by atoms with Crippen molar-refractivity contribution in [2.45, 2.75) is 19.9 Å². The van der Waals surface area contributed by atoms with Gasteiger partial charge in [-0.1, -0.05) is 39.7 Å². The van der Waals surface area contributed by atoms with Gasteiger partial charge < -0.3 is 20.7 Å². The Morgan fingerprint density at radius 3 is 2.23 bits per heavy atom. The Morgan fingerprint density at radius 1 is 0.974 bits per heavy atom. The number of fused-ring (bicyclic) bond motifs is 1. The fourth-order valence-corrected chi connectivity index (χ4v) is 4.79. The van der Waals surface area contributed by atoms with E-state index in [-0.39, 0.29) is 11.8 Å². The maximum atomic E-state index is 13.6. The highest BCUT2D eigenvalue weighted by molar-refractivity contribution is 9.10. The minimum Gasteiger partial charge on any atom is -0.494 e. The number of ether oxygens (including phenoxy) is 1. The Bertz CT molecular complexity index is 1550. The largest absolute Gasteiger partial charge is 0.494 e. The van der Waals surface area contributed by atoms with E-state index in [0.717, 1.165) is 15.8 Å². The van der Waals surface area contributed by atoms with Gasteiger partial charge in [0.2, 0.25) is 0 Å². The number of nitrogens with one attached hydrogen (secondary N) is 3. The Labute approximate surface area is 239 Å². The number of halogens is 2. The van der Waals surface area contributed by atoms with E-state index in [1.54, 1.807) is 53.2 Å². The normalized spacial score (nSPS) is 14.3. The van der Waals surface area contributed by atoms with Crippen molar-refractivity contribution in [2.75, 3.05) is 22.6 Å². The number of amides is 2. The van der Waals surface area contributed by atoms with E-state index in [1.165, 1.54) is 6.20 Å². The molecule has 0 spiro atoms. The Morgan fingerprint density at radius 2 is 1.59 bits per heavy atom. The predicted octanol–water partition coefficient (Wildman–Crippen LogP) is 6.88. The van der Waals surface area contributed by atoms with Crippen molar-refractivity contribution in [1.29, 1.82) is 0 Å². The molecule has 1 unspecified atom stereocenters. The fraction of sp³-hybridized carbons (Fsp3) is 0.138. The van der Waals surface area contributed by atoms with E-state index in [0.29, 0.717) is 45.7 Å². The molecule has 0 aliphatic carbocycles. The van der Waals surface area contributed by atoms with Crippen LogP contribution in [0.1, 0.15) is 35.8 Å². The molecule has 1 aliphatic rings. The number of carbonyl (C=O) groups excluding carboxylic acids is 2. The number of benzene rings is 3. The summed E-state index contributed by atoms with van der Waals surface area (Å²) in [5.41, 5.74) is 3.50. The van der Waals surface area contributed by atoms with Crippen molar-refractivity contribution >= 4 is 56.5 Å². The number of carbonyl (C=O) groups is 2. The topological polar surface area (TPSA) is 97.3 Å². The van der Waals surface area contributed by atoms with Crippen molar-refractivity contribution in [3.8, 4) is 5.75 Å². The molecule has 0 saturated carbocycles. The molecule has 1 aliphatic heterocycles. The lowest BCUT2D eigenvalue weighted by Gasteiger charge is -2.30. The highest BCUT2D eigenvalue weighted by atomic mass is 79.9. The highest BCUT2D eigenvalue weighted by Gasteiger charge is 2.35. The average Bonchev–Trinajstić information content (AvgIpc) is 3.34. The standard InChI is InChI=1S/C29H25BrClN5O3/c1-3-39-23-14-12-22(13-15-23)34-28(37)24-16-32-36-26(18-4-6-19(30)7-5-18)25(17(2)33-27(24)36)29(38)35-21-10-8-20(31)9-11-21/h4-16,26,33H,3H2,1-2H3,(H,34,37)(H,35,38). The Kier molecular flexibility index (Phi) is 7.72. The van der Waals surface area contributed by atoms with Crippen LogP contribution in [0.5, 0.6) is 5.75 Å². The van der Waals surface area contributed by atoms with Crippen LogP contribution in [0.25, 0.3) is 0 Å². The summed E-state index contributed by atoms with van der Waals surface area (Å²) in [5.74, 6) is 0.593. The first kappa shape index (κ1) is 26.5. The molecule has 5 rings (SSSR count). The lowest BCUT2D eigenvalue weighted by molar-refractivity contribution is -0.113. The number of nitrogens with zero attached hydrogens (tertiary/aromatic N) is 2. The summed E-state index contributed by atoms with van der Waals surface area (Å²) >= 11 is 9.48. The molecule has 1 aromatic heterocycles. The summed E-state index contributed by atoms with van der Waals surface area (Å²) in [6, 6.07) is 21.1. The maximum Gasteiger partial charge on any atom is 0.261 e. The highest BCUT2D eigenvalue weighted by Crippen LogP contribution is 2.38. The van der Waals surface area contributed by atoms with Crippen molar-refractivity contribution in [2.24, 2.45) is 0 Å². The van der Waals surface area contributed by atoms with E-state index in [2.05, 4.69) is 37.0 Å². The number of hydrogen-bond acceptors (Lipinski definition) is 5. The van der Waals surface area contributed by atoms with Crippen LogP contribution in [-0.4, -0.2) is 28.2 Å². The first-order chi connectivity index (χ1) is 18.8. The van der Waals surface area contributed by atoms with Gasteiger partial charge in [0.1, 0.15) is 23.2 Å². The molecule has 198 valence electrons. The van der Waals surface area contributed by atoms with Crippen LogP contribution in [0.15, 0.2) is 94.7 Å². The van der Waals surface area contributed by atoms with Gasteiger partial charge in [-0.3, -0.25) is 9.59 Å². The zero-order valence-electron chi connectivity index (χ0n) is 21.2. The second-order valence-electron chi connectivity index (χ2n) is 8.84. The Balaban J connectivity index is 1.48. The van der Waals surface area contributed by atoms with Gasteiger partial charge in [-0.05, 0) is 80.1 Å². The summed E-state index contributed by atoms with van der Waals surface area (Å²) in [7, 11) is 0. The van der Waals surface area contributed by atoms with E-state index in [4.69, 9.17) is 16.3 Å². The third-order valence-corrected chi connectivity index (χ3v) is 7.00. The van der Waals surface area contributed by atoms with Crippen molar-refractivity contribution in [1.82, 2.24) is 9.78 Å². The molecule has 2 amide bonds. The molecule has 0 fully saturated rings. The fourth-order valence-electron chi connectivity index (χ4n) is 4.40. The molecule has 0 bridgehead atoms. The van der Waals surface area contributed by atoms with Crippen LogP contribution in [0.4, 0.5) is 17.2 Å². The number of anilines is 3. The predicted molar refractivity (Wildman–Crippen MR) is 156 cm³/mol. The molecule has 4 aromatic rings. The molecule has 0 saturated heterocycles. The van der Waals surface area contributed by atoms with Gasteiger partial charge in [0, 0.05) is 26.6 Å². The lowest BCUT2D eigenvalue weighted by Crippen LogP contribution is -2.32. The molecular formula is C29H25BrClN5O3. The minimum absolute atomic E-state index is 0.295. The van der Waals surface area contributed by atoms with E-state index in [9.17, 15) is 9.59 Å². The lowest BCUT2D eigenvalue weighted by atomic mass is 9.94. The maximum absolute atomic E-state index is 13.6. The van der Waals surface area contributed by atoms with Crippen LogP contribution >= 0.6 is 27.5 Å². The monoisotopic (exact) mass is 605 g/mol. The summed E-state index contributed by atoms with van der Waals surface area (Å²) in [5, 5.41) is 14.2. The Hall–Kier alpha value is -4.08. The summed E-state index contributed by atoms with van der Waals surface area (Å²) in [6.07, 6.45) is 1.51. The summed E-state index contributed by atoms with van der Waals surface area (Å²) in [4.78, 5) is 26.9. The molecule has 10 heteroatoms. The molecule has 39 heavy (non-hydrogen) atoms. The van der Waals surface area contributed by atoms with Crippen LogP contribution in [0.2, 0.25) is 5.02 Å². The van der Waals surface area contributed by atoms with E-state index < -0.39 is 6.04 Å². The summed E-state index contributed by atoms with van der Waals surface area (Å²) < 4.78 is 8.05. The number of hydrogen-bond donors (Lipinski definition) is 3. The van der Waals surface area contributed by atoms with Gasteiger partial charge >= 0.3 is 0 Å². The molecular weight excluding hydrogens is 582 g/mol. The van der Waals surface area contributed by atoms with Gasteiger partial charge in [0.05, 0.1) is 18.4 Å². The molecule has 1 atom stereocenters. The third-order valence-electron chi connectivity index (χ3n) is 6.22. The second kappa shape index (κ2) is 11.3. The number of aromatic nitrogens is 2. The van der Waals surface area contributed by atoms with Crippen molar-refractivity contribution in [3.63, 3.8) is 0 Å². The zero-order valence-corrected chi connectivity index (χ0v) is 23.5. The van der Waals surface area contributed by atoms with E-state index >= 15 is 0 Å². The second-order valence-corrected chi connectivity index (χ2v) is 10.2. The smallest absolute Gasteiger partial charge is 0.261 e. The zero-order chi connectivity index (χ0) is 27.5. The quantitative estimate of drug-likeness (QED) is 0.213. The first-order valence-corrected chi connectivity index (χ1v) is 13.4. The summed E-state index contributed by atoms with van der Waals surface area (Å²) in [6.45, 7) is 4.29. The van der Waals surface area contributed by atoms with Crippen LogP contribution in [0.3, 0.4) is 0 Å². The molecule has 2 heterocycles. The molecule has 3 N–H and O–H groups in total. The van der Waals surface area contributed by atoms with Crippen LogP contribution in [0, 0.1) is 0 Å². The first-order valence-electron chi connectivity index (χ1n) is 12.3. The minimum atomic E-state index is -0.575. The van der Waals surface area contributed by atoms with Crippen LogP contribution in [-0.2, 0) is 4.79 Å². The van der Waals surface area contributed by atoms with Gasteiger partial charge in [-0.15, -0.1) is 0 Å². The number of allylic oxidation sites excluding steroid dienone is 1. The third kappa shape index (κ3) is 5.69. The van der Waals surface area contributed by atoms with Gasteiger partial charge in [-0.2, -0.15) is 5.10 Å². The SMILES string of the molecule is CCOc1ccc(NC(=O)c2cnn3c2NC(C)=C(C(=O)Nc2ccc(Cl)cc2)C3c2ccc(Br)cc2)cc1.